The van der Waals surface area contributed by atoms with Crippen molar-refractivity contribution in [2.75, 3.05) is 6.61 Å². The number of hydrogen-bond donors (Lipinski definition) is 0. The lowest BCUT2D eigenvalue weighted by Crippen LogP contribution is -1.98. The van der Waals surface area contributed by atoms with Crippen LogP contribution in [-0.2, 0) is 0 Å². The van der Waals surface area contributed by atoms with E-state index in [1.807, 2.05) is 0 Å². The first-order valence-corrected chi connectivity index (χ1v) is 3.74. The van der Waals surface area contributed by atoms with E-state index in [1.54, 1.807) is 0 Å². The van der Waals surface area contributed by atoms with E-state index in [0.29, 0.717) is 0 Å². The van der Waals surface area contributed by atoms with E-state index in [4.69, 9.17) is 34.4 Å². The summed E-state index contributed by atoms with van der Waals surface area (Å²) in [5.74, 6) is 2.27. The minimum atomic E-state index is 0.0884. The fourth-order valence-electron chi connectivity index (χ4n) is 0.541. The van der Waals surface area contributed by atoms with Crippen molar-refractivity contribution in [2.24, 2.45) is 0 Å². The molecule has 62 valence electrons. The Kier molecular flexibility index (Phi) is 3.15. The van der Waals surface area contributed by atoms with Crippen LogP contribution in [0.4, 0.5) is 0 Å². The highest BCUT2D eigenvalue weighted by molar-refractivity contribution is 6.33. The molecule has 0 aliphatic rings. The van der Waals surface area contributed by atoms with Gasteiger partial charge in [0.1, 0.15) is 10.3 Å². The molecule has 0 saturated heterocycles. The smallest absolute Gasteiger partial charge is 0.320 e. The molecule has 3 nitrogen and oxygen atoms in total. The van der Waals surface area contributed by atoms with Gasteiger partial charge in [0.15, 0.2) is 6.61 Å². The van der Waals surface area contributed by atoms with Gasteiger partial charge in [0.2, 0.25) is 0 Å². The van der Waals surface area contributed by atoms with Crippen LogP contribution in [-0.4, -0.2) is 16.6 Å². The second kappa shape index (κ2) is 4.15. The number of nitrogens with zero attached hydrogens (tertiary/aromatic N) is 2. The Morgan fingerprint density at radius 3 is 2.50 bits per heavy atom. The van der Waals surface area contributed by atoms with Crippen LogP contribution in [0.2, 0.25) is 10.3 Å². The topological polar surface area (TPSA) is 35.0 Å². The highest BCUT2D eigenvalue weighted by atomic mass is 35.5. The van der Waals surface area contributed by atoms with E-state index >= 15 is 0 Å². The second-order valence-corrected chi connectivity index (χ2v) is 2.56. The number of aromatic nitrogens is 2. The van der Waals surface area contributed by atoms with Crippen LogP contribution in [0.3, 0.4) is 0 Å². The Morgan fingerprint density at radius 1 is 1.42 bits per heavy atom. The summed E-state index contributed by atoms with van der Waals surface area (Å²) in [6.07, 6.45) is 4.96. The molecule has 0 bridgehead atoms. The molecule has 0 aliphatic carbocycles. The summed E-state index contributed by atoms with van der Waals surface area (Å²) >= 11 is 11.1. The molecule has 0 atom stereocenters. The molecule has 1 aromatic heterocycles. The third-order valence-corrected chi connectivity index (χ3v) is 1.31. The van der Waals surface area contributed by atoms with Gasteiger partial charge in [-0.05, 0) is 0 Å². The number of terminal acetylenes is 1. The van der Waals surface area contributed by atoms with Gasteiger partial charge >= 0.3 is 6.01 Å². The first-order valence-electron chi connectivity index (χ1n) is 2.98. The van der Waals surface area contributed by atoms with Crippen LogP contribution in [0, 0.1) is 12.3 Å². The standard InChI is InChI=1S/C7H4Cl2N2O/c1-2-3-12-7-10-5(8)4-6(9)11-7/h1,4H,3H2. The van der Waals surface area contributed by atoms with Crippen molar-refractivity contribution in [1.29, 1.82) is 0 Å². The Bertz CT molecular complexity index is 301. The zero-order valence-electron chi connectivity index (χ0n) is 5.92. The Labute approximate surface area is 79.7 Å². The largest absolute Gasteiger partial charge is 0.450 e. The quantitative estimate of drug-likeness (QED) is 0.542. The molecule has 0 radical (unpaired) electrons. The van der Waals surface area contributed by atoms with Crippen molar-refractivity contribution in [2.45, 2.75) is 0 Å². The molecule has 0 aromatic carbocycles. The van der Waals surface area contributed by atoms with Crippen LogP contribution >= 0.6 is 23.2 Å². The minimum absolute atomic E-state index is 0.0884. The number of rotatable bonds is 2. The molecular formula is C7H4Cl2N2O. The van der Waals surface area contributed by atoms with Gasteiger partial charge < -0.3 is 4.74 Å². The van der Waals surface area contributed by atoms with Gasteiger partial charge in [-0.1, -0.05) is 29.1 Å². The summed E-state index contributed by atoms with van der Waals surface area (Å²) in [7, 11) is 0. The molecule has 0 unspecified atom stereocenters. The van der Waals surface area contributed by atoms with Crippen molar-refractivity contribution in [3.8, 4) is 18.4 Å². The van der Waals surface area contributed by atoms with Crippen molar-refractivity contribution < 1.29 is 4.74 Å². The van der Waals surface area contributed by atoms with Crippen molar-refractivity contribution >= 4 is 23.2 Å². The van der Waals surface area contributed by atoms with Crippen LogP contribution in [0.5, 0.6) is 6.01 Å². The molecule has 0 amide bonds. The minimum Gasteiger partial charge on any atom is -0.450 e. The molecule has 0 N–H and O–H groups in total. The zero-order valence-corrected chi connectivity index (χ0v) is 7.43. The SMILES string of the molecule is C#CCOc1nc(Cl)cc(Cl)n1. The summed E-state index contributed by atoms with van der Waals surface area (Å²) < 4.78 is 4.89. The monoisotopic (exact) mass is 202 g/mol. The lowest BCUT2D eigenvalue weighted by molar-refractivity contribution is 0.340. The van der Waals surface area contributed by atoms with Crippen LogP contribution < -0.4 is 4.74 Å². The molecule has 1 rings (SSSR count). The van der Waals surface area contributed by atoms with E-state index in [2.05, 4.69) is 15.9 Å². The zero-order chi connectivity index (χ0) is 8.97. The summed E-state index contributed by atoms with van der Waals surface area (Å²) in [5, 5.41) is 0.448. The predicted octanol–water partition coefficient (Wildman–Crippen LogP) is 1.80. The summed E-state index contributed by atoms with van der Waals surface area (Å²) in [6, 6.07) is 1.50. The van der Waals surface area contributed by atoms with E-state index in [9.17, 15) is 0 Å². The number of hydrogen-bond acceptors (Lipinski definition) is 3. The van der Waals surface area contributed by atoms with Crippen LogP contribution in [0.15, 0.2) is 6.07 Å². The lowest BCUT2D eigenvalue weighted by Gasteiger charge is -1.99. The molecule has 0 saturated carbocycles. The first kappa shape index (κ1) is 9.11. The normalized spacial score (nSPS) is 9.08. The Balaban J connectivity index is 2.80. The Morgan fingerprint density at radius 2 is 2.00 bits per heavy atom. The molecule has 0 fully saturated rings. The van der Waals surface area contributed by atoms with Crippen molar-refractivity contribution in [3.05, 3.63) is 16.4 Å². The predicted molar refractivity (Wildman–Crippen MR) is 46.4 cm³/mol. The highest BCUT2D eigenvalue weighted by Gasteiger charge is 2.00. The van der Waals surface area contributed by atoms with E-state index in [1.165, 1.54) is 6.07 Å². The van der Waals surface area contributed by atoms with Gasteiger partial charge in [-0.15, -0.1) is 6.42 Å². The summed E-state index contributed by atoms with van der Waals surface area (Å²) in [5.41, 5.74) is 0. The average Bonchev–Trinajstić information content (AvgIpc) is 1.99. The average molecular weight is 203 g/mol. The maximum atomic E-state index is 5.56. The lowest BCUT2D eigenvalue weighted by atomic mass is 10.7. The molecule has 0 spiro atoms. The van der Waals surface area contributed by atoms with E-state index < -0.39 is 0 Å². The maximum Gasteiger partial charge on any atom is 0.320 e. The second-order valence-electron chi connectivity index (χ2n) is 1.79. The van der Waals surface area contributed by atoms with E-state index in [0.717, 1.165) is 0 Å². The van der Waals surface area contributed by atoms with E-state index in [-0.39, 0.29) is 22.9 Å². The number of halogens is 2. The Hall–Kier alpha value is -0.980. The van der Waals surface area contributed by atoms with Gasteiger partial charge in [-0.3, -0.25) is 0 Å². The molecule has 1 aromatic rings. The van der Waals surface area contributed by atoms with Crippen molar-refractivity contribution in [3.63, 3.8) is 0 Å². The van der Waals surface area contributed by atoms with Gasteiger partial charge in [-0.2, -0.15) is 9.97 Å². The van der Waals surface area contributed by atoms with Crippen LogP contribution in [0.1, 0.15) is 0 Å². The fraction of sp³-hybridized carbons (Fsp3) is 0.143. The molecule has 5 heteroatoms. The molecule has 0 aliphatic heterocycles. The van der Waals surface area contributed by atoms with Gasteiger partial charge in [0, 0.05) is 6.07 Å². The maximum absolute atomic E-state index is 5.56. The van der Waals surface area contributed by atoms with Crippen LogP contribution in [0.25, 0.3) is 0 Å². The van der Waals surface area contributed by atoms with Crippen molar-refractivity contribution in [1.82, 2.24) is 9.97 Å². The van der Waals surface area contributed by atoms with Gasteiger partial charge in [0.05, 0.1) is 0 Å². The fourth-order valence-corrected chi connectivity index (χ4v) is 0.948. The first-order chi connectivity index (χ1) is 5.72. The highest BCUT2D eigenvalue weighted by Crippen LogP contribution is 2.15. The summed E-state index contributed by atoms with van der Waals surface area (Å²) in [6.45, 7) is 0.0939. The molecule has 1 heterocycles. The molecule has 12 heavy (non-hydrogen) atoms. The van der Waals surface area contributed by atoms with Gasteiger partial charge in [0.25, 0.3) is 0 Å². The third-order valence-electron chi connectivity index (χ3n) is 0.928. The van der Waals surface area contributed by atoms with Gasteiger partial charge in [-0.25, -0.2) is 0 Å². The summed E-state index contributed by atoms with van der Waals surface area (Å²) in [4.78, 5) is 7.45. The third kappa shape index (κ3) is 2.57. The number of ether oxygens (including phenoxy) is 1. The molecular weight excluding hydrogens is 199 g/mol.